The van der Waals surface area contributed by atoms with Crippen LogP contribution in [-0.4, -0.2) is 29.8 Å². The largest absolute Gasteiger partial charge is 0.300 e. The average molecular weight is 269 g/mol. The summed E-state index contributed by atoms with van der Waals surface area (Å²) in [5, 5.41) is 0. The Kier molecular flexibility index (Phi) is 5.44. The molecule has 0 amide bonds. The van der Waals surface area contributed by atoms with Crippen molar-refractivity contribution >= 4 is 12.6 Å². The van der Waals surface area contributed by atoms with Crippen molar-refractivity contribution in [2.24, 2.45) is 11.3 Å². The summed E-state index contributed by atoms with van der Waals surface area (Å²) < 4.78 is 0. The van der Waals surface area contributed by atoms with Crippen LogP contribution < -0.4 is 0 Å². The second kappa shape index (κ2) is 6.65. The standard InChI is InChI=1S/C16H31NS/c1-14(2)15-8-7-11-17(15)12-16(13-18)9-5-3-4-6-10-16/h14-15,18H,3-13H2,1-2H3. The van der Waals surface area contributed by atoms with Crippen molar-refractivity contribution in [2.45, 2.75) is 71.3 Å². The van der Waals surface area contributed by atoms with Gasteiger partial charge in [-0.3, -0.25) is 4.90 Å². The fourth-order valence-electron chi connectivity index (χ4n) is 4.08. The van der Waals surface area contributed by atoms with Gasteiger partial charge in [-0.25, -0.2) is 0 Å². The van der Waals surface area contributed by atoms with Crippen LogP contribution in [0.3, 0.4) is 0 Å². The van der Waals surface area contributed by atoms with Gasteiger partial charge in [-0.2, -0.15) is 12.6 Å². The van der Waals surface area contributed by atoms with Gasteiger partial charge in [-0.15, -0.1) is 0 Å². The number of nitrogens with zero attached hydrogens (tertiary/aromatic N) is 1. The smallest absolute Gasteiger partial charge is 0.0119 e. The monoisotopic (exact) mass is 269 g/mol. The van der Waals surface area contributed by atoms with Crippen molar-refractivity contribution in [3.8, 4) is 0 Å². The lowest BCUT2D eigenvalue weighted by atomic mass is 9.81. The summed E-state index contributed by atoms with van der Waals surface area (Å²) in [4.78, 5) is 2.80. The van der Waals surface area contributed by atoms with E-state index >= 15 is 0 Å². The molecule has 2 rings (SSSR count). The Bertz CT molecular complexity index is 243. The summed E-state index contributed by atoms with van der Waals surface area (Å²) in [6.07, 6.45) is 11.4. The highest BCUT2D eigenvalue weighted by atomic mass is 32.1. The maximum absolute atomic E-state index is 4.72. The molecule has 1 saturated carbocycles. The van der Waals surface area contributed by atoms with Gasteiger partial charge in [0, 0.05) is 12.6 Å². The van der Waals surface area contributed by atoms with Crippen molar-refractivity contribution in [1.29, 1.82) is 0 Å². The molecule has 0 aromatic heterocycles. The van der Waals surface area contributed by atoms with Crippen molar-refractivity contribution in [3.63, 3.8) is 0 Å². The molecule has 2 fully saturated rings. The van der Waals surface area contributed by atoms with Crippen molar-refractivity contribution < 1.29 is 0 Å². The van der Waals surface area contributed by atoms with Crippen LogP contribution in [0.2, 0.25) is 0 Å². The molecule has 0 radical (unpaired) electrons. The summed E-state index contributed by atoms with van der Waals surface area (Å²) in [7, 11) is 0. The maximum Gasteiger partial charge on any atom is 0.0119 e. The van der Waals surface area contributed by atoms with Crippen LogP contribution >= 0.6 is 12.6 Å². The van der Waals surface area contributed by atoms with Gasteiger partial charge in [-0.05, 0) is 49.3 Å². The van der Waals surface area contributed by atoms with Crippen LogP contribution in [0, 0.1) is 11.3 Å². The van der Waals surface area contributed by atoms with E-state index in [9.17, 15) is 0 Å². The molecule has 1 atom stereocenters. The van der Waals surface area contributed by atoms with E-state index in [0.717, 1.165) is 17.7 Å². The van der Waals surface area contributed by atoms with Crippen LogP contribution in [0.1, 0.15) is 65.2 Å². The number of thiol groups is 1. The highest BCUT2D eigenvalue weighted by Crippen LogP contribution is 2.39. The van der Waals surface area contributed by atoms with Crippen molar-refractivity contribution in [3.05, 3.63) is 0 Å². The lowest BCUT2D eigenvalue weighted by molar-refractivity contribution is 0.119. The zero-order valence-corrected chi connectivity index (χ0v) is 13.2. The Morgan fingerprint density at radius 1 is 1.11 bits per heavy atom. The fourth-order valence-corrected chi connectivity index (χ4v) is 4.50. The number of hydrogen-bond acceptors (Lipinski definition) is 2. The molecular formula is C16H31NS. The Morgan fingerprint density at radius 3 is 2.33 bits per heavy atom. The fraction of sp³-hybridized carbons (Fsp3) is 1.00. The SMILES string of the molecule is CC(C)C1CCCN1CC1(CS)CCCCCC1. The predicted molar refractivity (Wildman–Crippen MR) is 83.4 cm³/mol. The zero-order chi connectivity index (χ0) is 13.0. The Balaban J connectivity index is 2.00. The first-order chi connectivity index (χ1) is 8.67. The second-order valence-electron chi connectivity index (χ2n) is 7.00. The van der Waals surface area contributed by atoms with E-state index < -0.39 is 0 Å². The van der Waals surface area contributed by atoms with E-state index in [1.54, 1.807) is 0 Å². The van der Waals surface area contributed by atoms with Crippen molar-refractivity contribution in [1.82, 2.24) is 4.90 Å². The van der Waals surface area contributed by atoms with Gasteiger partial charge < -0.3 is 0 Å². The molecule has 0 spiro atoms. The average Bonchev–Trinajstić information content (AvgIpc) is 2.68. The normalized spacial score (nSPS) is 29.7. The molecule has 0 aromatic carbocycles. The quantitative estimate of drug-likeness (QED) is 0.585. The van der Waals surface area contributed by atoms with E-state index in [2.05, 4.69) is 18.7 Å². The van der Waals surface area contributed by atoms with E-state index in [1.165, 1.54) is 64.5 Å². The molecule has 106 valence electrons. The number of rotatable bonds is 4. The second-order valence-corrected chi connectivity index (χ2v) is 7.31. The van der Waals surface area contributed by atoms with Crippen LogP contribution in [0.5, 0.6) is 0 Å². The molecule has 1 aliphatic heterocycles. The third-order valence-electron chi connectivity index (χ3n) is 5.22. The van der Waals surface area contributed by atoms with Gasteiger partial charge in [0.05, 0.1) is 0 Å². The van der Waals surface area contributed by atoms with E-state index in [0.29, 0.717) is 5.41 Å². The van der Waals surface area contributed by atoms with Gasteiger partial charge in [-0.1, -0.05) is 39.5 Å². The molecule has 1 unspecified atom stereocenters. The van der Waals surface area contributed by atoms with Gasteiger partial charge in [0.25, 0.3) is 0 Å². The molecule has 2 heteroatoms. The molecule has 0 aromatic rings. The van der Waals surface area contributed by atoms with Gasteiger partial charge in [0.2, 0.25) is 0 Å². The summed E-state index contributed by atoms with van der Waals surface area (Å²) in [6.45, 7) is 7.44. The van der Waals surface area contributed by atoms with E-state index in [-0.39, 0.29) is 0 Å². The van der Waals surface area contributed by atoms with Gasteiger partial charge >= 0.3 is 0 Å². The minimum absolute atomic E-state index is 0.525. The van der Waals surface area contributed by atoms with Crippen LogP contribution in [0.15, 0.2) is 0 Å². The first kappa shape index (κ1) is 14.7. The summed E-state index contributed by atoms with van der Waals surface area (Å²) in [5.74, 6) is 1.91. The van der Waals surface area contributed by atoms with Crippen LogP contribution in [0.4, 0.5) is 0 Å². The van der Waals surface area contributed by atoms with E-state index in [1.807, 2.05) is 0 Å². The van der Waals surface area contributed by atoms with Crippen molar-refractivity contribution in [2.75, 3.05) is 18.8 Å². The third-order valence-corrected chi connectivity index (χ3v) is 5.89. The molecular weight excluding hydrogens is 238 g/mol. The highest BCUT2D eigenvalue weighted by Gasteiger charge is 2.36. The van der Waals surface area contributed by atoms with Crippen LogP contribution in [-0.2, 0) is 0 Å². The van der Waals surface area contributed by atoms with Gasteiger partial charge in [0.15, 0.2) is 0 Å². The van der Waals surface area contributed by atoms with Gasteiger partial charge in [0.1, 0.15) is 0 Å². The molecule has 1 aliphatic carbocycles. The lowest BCUT2D eigenvalue weighted by Gasteiger charge is -2.39. The zero-order valence-electron chi connectivity index (χ0n) is 12.3. The number of likely N-dealkylation sites (tertiary alicyclic amines) is 1. The molecule has 0 N–H and O–H groups in total. The molecule has 2 aliphatic rings. The minimum atomic E-state index is 0.525. The minimum Gasteiger partial charge on any atom is -0.300 e. The first-order valence-corrected chi connectivity index (χ1v) is 8.65. The Morgan fingerprint density at radius 2 is 1.78 bits per heavy atom. The van der Waals surface area contributed by atoms with E-state index in [4.69, 9.17) is 12.6 Å². The molecule has 18 heavy (non-hydrogen) atoms. The lowest BCUT2D eigenvalue weighted by Crippen LogP contribution is -2.43. The Labute approximate surface area is 119 Å². The summed E-state index contributed by atoms with van der Waals surface area (Å²) in [6, 6.07) is 0.838. The van der Waals surface area contributed by atoms with Crippen LogP contribution in [0.25, 0.3) is 0 Å². The molecule has 0 bridgehead atoms. The predicted octanol–water partition coefficient (Wildman–Crippen LogP) is 4.38. The highest BCUT2D eigenvalue weighted by molar-refractivity contribution is 7.80. The molecule has 1 heterocycles. The summed E-state index contributed by atoms with van der Waals surface area (Å²) in [5.41, 5.74) is 0.525. The maximum atomic E-state index is 4.72. The summed E-state index contributed by atoms with van der Waals surface area (Å²) >= 11 is 4.72. The third kappa shape index (κ3) is 3.45. The molecule has 1 nitrogen and oxygen atoms in total. The Hall–Kier alpha value is 0.310. The molecule has 1 saturated heterocycles. The first-order valence-electron chi connectivity index (χ1n) is 8.02. The topological polar surface area (TPSA) is 3.24 Å². The number of hydrogen-bond donors (Lipinski definition) is 1.